The Morgan fingerprint density at radius 3 is 2.58 bits per heavy atom. The predicted octanol–water partition coefficient (Wildman–Crippen LogP) is 1.14. The van der Waals surface area contributed by atoms with E-state index in [2.05, 4.69) is 9.82 Å². The van der Waals surface area contributed by atoms with Crippen molar-refractivity contribution in [2.75, 3.05) is 12.0 Å². The van der Waals surface area contributed by atoms with Gasteiger partial charge in [0.05, 0.1) is 28.5 Å². The summed E-state index contributed by atoms with van der Waals surface area (Å²) in [6.45, 7) is 2.33. The van der Waals surface area contributed by atoms with E-state index in [1.54, 1.807) is 42.0 Å². The van der Waals surface area contributed by atoms with Crippen LogP contribution in [0.1, 0.15) is 25.3 Å². The van der Waals surface area contributed by atoms with Gasteiger partial charge in [0.1, 0.15) is 0 Å². The van der Waals surface area contributed by atoms with Gasteiger partial charge in [0.25, 0.3) is 5.56 Å². The molecule has 0 spiro atoms. The Bertz CT molecular complexity index is 1370. The molecule has 1 aliphatic carbocycles. The SMILES string of the molecule is CSCCn1c(=O)n(Cc2cnn(C)c2)c(=O)c2cc(S(=O)(=O)NC3(C)CC3)ccc21. The Kier molecular flexibility index (Phi) is 5.61. The number of nitrogens with zero attached hydrogens (tertiary/aromatic N) is 4. The van der Waals surface area contributed by atoms with Gasteiger partial charge in [0, 0.05) is 36.6 Å². The standard InChI is InChI=1S/C20H25N5O4S2/c1-20(6-7-20)22-31(28,29)15-4-5-17-16(10-15)18(26)25(13-14-11-21-23(2)12-14)19(27)24(17)8-9-30-3/h4-5,10-12,22H,6-9,13H2,1-3H3. The molecule has 0 unspecified atom stereocenters. The van der Waals surface area contributed by atoms with Crippen molar-refractivity contribution in [2.24, 2.45) is 7.05 Å². The first-order chi connectivity index (χ1) is 14.6. The van der Waals surface area contributed by atoms with Crippen molar-refractivity contribution in [1.29, 1.82) is 0 Å². The van der Waals surface area contributed by atoms with Crippen molar-refractivity contribution in [2.45, 2.75) is 43.3 Å². The van der Waals surface area contributed by atoms with Gasteiger partial charge in [-0.3, -0.25) is 18.6 Å². The third-order valence-electron chi connectivity index (χ3n) is 5.51. The van der Waals surface area contributed by atoms with E-state index in [9.17, 15) is 18.0 Å². The van der Waals surface area contributed by atoms with Crippen LogP contribution in [0.3, 0.4) is 0 Å². The fourth-order valence-corrected chi connectivity index (χ4v) is 5.37. The summed E-state index contributed by atoms with van der Waals surface area (Å²) in [7, 11) is -2.02. The summed E-state index contributed by atoms with van der Waals surface area (Å²) in [4.78, 5) is 26.4. The fraction of sp³-hybridized carbons (Fsp3) is 0.450. The van der Waals surface area contributed by atoms with E-state index in [0.717, 1.165) is 17.4 Å². The summed E-state index contributed by atoms with van der Waals surface area (Å²) < 4.78 is 32.7. The van der Waals surface area contributed by atoms with E-state index in [1.165, 1.54) is 16.7 Å². The highest BCUT2D eigenvalue weighted by atomic mass is 32.2. The summed E-state index contributed by atoms with van der Waals surface area (Å²) in [6.07, 6.45) is 6.85. The molecular formula is C20H25N5O4S2. The first-order valence-corrected chi connectivity index (χ1v) is 12.8. The third kappa shape index (κ3) is 4.35. The Morgan fingerprint density at radius 2 is 1.97 bits per heavy atom. The zero-order valence-electron chi connectivity index (χ0n) is 17.7. The quantitative estimate of drug-likeness (QED) is 0.537. The molecule has 2 aromatic heterocycles. The monoisotopic (exact) mass is 463 g/mol. The maximum Gasteiger partial charge on any atom is 0.331 e. The lowest BCUT2D eigenvalue weighted by Crippen LogP contribution is -2.41. The van der Waals surface area contributed by atoms with Crippen molar-refractivity contribution in [3.05, 3.63) is 57.0 Å². The molecule has 3 aromatic rings. The second kappa shape index (κ2) is 7.95. The average Bonchev–Trinajstić information content (AvgIpc) is 3.28. The Labute approximate surface area is 184 Å². The van der Waals surface area contributed by atoms with E-state index in [-0.39, 0.29) is 16.8 Å². The van der Waals surface area contributed by atoms with Crippen LogP contribution in [0.15, 0.2) is 45.1 Å². The molecule has 0 saturated heterocycles. The lowest BCUT2D eigenvalue weighted by Gasteiger charge is -2.16. The highest BCUT2D eigenvalue weighted by molar-refractivity contribution is 7.98. The van der Waals surface area contributed by atoms with Crippen molar-refractivity contribution in [3.8, 4) is 0 Å². The maximum absolute atomic E-state index is 13.3. The van der Waals surface area contributed by atoms with Crippen molar-refractivity contribution in [1.82, 2.24) is 23.6 Å². The molecule has 0 bridgehead atoms. The molecule has 166 valence electrons. The summed E-state index contributed by atoms with van der Waals surface area (Å²) in [5.41, 5.74) is -0.216. The molecule has 1 aromatic carbocycles. The maximum atomic E-state index is 13.3. The number of rotatable bonds is 8. The second-order valence-electron chi connectivity index (χ2n) is 8.19. The zero-order valence-corrected chi connectivity index (χ0v) is 19.3. The number of fused-ring (bicyclic) bond motifs is 1. The van der Waals surface area contributed by atoms with Crippen LogP contribution in [0.4, 0.5) is 0 Å². The Morgan fingerprint density at radius 1 is 1.23 bits per heavy atom. The average molecular weight is 464 g/mol. The molecule has 0 amide bonds. The number of aromatic nitrogens is 4. The number of nitrogens with one attached hydrogen (secondary N) is 1. The summed E-state index contributed by atoms with van der Waals surface area (Å²) in [6, 6.07) is 4.38. The fourth-order valence-electron chi connectivity index (χ4n) is 3.52. The number of hydrogen-bond acceptors (Lipinski definition) is 6. The van der Waals surface area contributed by atoms with Gasteiger partial charge in [-0.1, -0.05) is 0 Å². The van der Waals surface area contributed by atoms with Crippen molar-refractivity contribution < 1.29 is 8.42 Å². The summed E-state index contributed by atoms with van der Waals surface area (Å²) in [5.74, 6) is 0.681. The summed E-state index contributed by atoms with van der Waals surface area (Å²) >= 11 is 1.59. The molecule has 0 radical (unpaired) electrons. The second-order valence-corrected chi connectivity index (χ2v) is 10.9. The van der Waals surface area contributed by atoms with Gasteiger partial charge in [-0.2, -0.15) is 16.9 Å². The first kappa shape index (κ1) is 21.8. The molecule has 1 N–H and O–H groups in total. The van der Waals surface area contributed by atoms with Crippen LogP contribution in [-0.4, -0.2) is 44.9 Å². The molecule has 1 fully saturated rings. The minimum absolute atomic E-state index is 0.0215. The molecule has 1 aliphatic rings. The van der Waals surface area contributed by atoms with E-state index >= 15 is 0 Å². The minimum Gasteiger partial charge on any atom is -0.292 e. The number of thioether (sulfide) groups is 1. The van der Waals surface area contributed by atoms with E-state index in [4.69, 9.17) is 0 Å². The topological polar surface area (TPSA) is 108 Å². The number of benzene rings is 1. The molecule has 0 atom stereocenters. The molecule has 2 heterocycles. The summed E-state index contributed by atoms with van der Waals surface area (Å²) in [5, 5.41) is 4.30. The largest absolute Gasteiger partial charge is 0.331 e. The molecule has 31 heavy (non-hydrogen) atoms. The van der Waals surface area contributed by atoms with Crippen LogP contribution < -0.4 is 16.0 Å². The van der Waals surface area contributed by atoms with Gasteiger partial charge >= 0.3 is 5.69 Å². The van der Waals surface area contributed by atoms with Gasteiger partial charge in [-0.15, -0.1) is 0 Å². The van der Waals surface area contributed by atoms with Gasteiger partial charge in [0.15, 0.2) is 0 Å². The van der Waals surface area contributed by atoms with Crippen molar-refractivity contribution >= 4 is 32.7 Å². The van der Waals surface area contributed by atoms with Gasteiger partial charge in [-0.05, 0) is 44.2 Å². The molecule has 11 heteroatoms. The molecule has 0 aliphatic heterocycles. The van der Waals surface area contributed by atoms with Crippen LogP contribution in [0.2, 0.25) is 0 Å². The minimum atomic E-state index is -3.78. The van der Waals surface area contributed by atoms with Gasteiger partial charge in [-0.25, -0.2) is 17.9 Å². The van der Waals surface area contributed by atoms with Crippen LogP contribution in [0.25, 0.3) is 10.9 Å². The number of hydrogen-bond donors (Lipinski definition) is 1. The van der Waals surface area contributed by atoms with Crippen LogP contribution in [0, 0.1) is 0 Å². The highest BCUT2D eigenvalue weighted by Crippen LogP contribution is 2.36. The van der Waals surface area contributed by atoms with Crippen LogP contribution in [0.5, 0.6) is 0 Å². The highest BCUT2D eigenvalue weighted by Gasteiger charge is 2.41. The predicted molar refractivity (Wildman–Crippen MR) is 121 cm³/mol. The Hall–Kier alpha value is -2.37. The lowest BCUT2D eigenvalue weighted by atomic mass is 10.2. The first-order valence-electron chi connectivity index (χ1n) is 9.91. The number of aryl methyl sites for hydroxylation is 2. The lowest BCUT2D eigenvalue weighted by molar-refractivity contribution is 0.558. The van der Waals surface area contributed by atoms with E-state index < -0.39 is 26.8 Å². The van der Waals surface area contributed by atoms with Gasteiger partial charge < -0.3 is 0 Å². The third-order valence-corrected chi connectivity index (χ3v) is 7.73. The van der Waals surface area contributed by atoms with Crippen LogP contribution in [-0.2, 0) is 30.2 Å². The molecule has 1 saturated carbocycles. The molecule has 4 rings (SSSR count). The van der Waals surface area contributed by atoms with E-state index in [0.29, 0.717) is 23.4 Å². The number of sulfonamides is 1. The van der Waals surface area contributed by atoms with Crippen molar-refractivity contribution in [3.63, 3.8) is 0 Å². The van der Waals surface area contributed by atoms with Gasteiger partial charge in [0.2, 0.25) is 10.0 Å². The smallest absolute Gasteiger partial charge is 0.292 e. The molecule has 9 nitrogen and oxygen atoms in total. The van der Waals surface area contributed by atoms with E-state index in [1.807, 2.05) is 13.2 Å². The Balaban J connectivity index is 1.88. The zero-order chi connectivity index (χ0) is 22.4. The normalized spacial score (nSPS) is 15.5. The van der Waals surface area contributed by atoms with Crippen LogP contribution >= 0.6 is 11.8 Å². The molecular weight excluding hydrogens is 438 g/mol.